The number of hydrogen-bond acceptors (Lipinski definition) is 6. The smallest absolute Gasteiger partial charge is 0.273 e. The number of hydrogen-bond donors (Lipinski definition) is 1. The minimum atomic E-state index is -0.344. The number of ether oxygens (including phenoxy) is 1. The fourth-order valence-electron chi connectivity index (χ4n) is 3.48. The number of halogens is 1. The van der Waals surface area contributed by atoms with E-state index in [1.54, 1.807) is 30.5 Å². The van der Waals surface area contributed by atoms with Crippen molar-refractivity contribution in [1.82, 2.24) is 15.2 Å². The molecule has 2 heterocycles. The molecule has 0 saturated heterocycles. The van der Waals surface area contributed by atoms with Crippen molar-refractivity contribution in [3.8, 4) is 5.75 Å². The number of aromatic nitrogens is 1. The number of carbonyl (C=O) groups excluding carboxylic acids is 1. The zero-order chi connectivity index (χ0) is 23.8. The molecule has 0 aliphatic rings. The number of nitrogens with one attached hydrogen (secondary N) is 1. The molecule has 7 nitrogen and oxygen atoms in total. The largest absolute Gasteiger partial charge is 0.494 e. The third-order valence-corrected chi connectivity index (χ3v) is 5.11. The lowest BCUT2D eigenvalue weighted by Crippen LogP contribution is -2.24. The average molecular weight is 464 g/mol. The summed E-state index contributed by atoms with van der Waals surface area (Å²) in [6, 6.07) is 17.8. The standard InChI is InChI=1S/C26H26FN3O4/c1-2-32-22-11-7-20(8-12-22)16-30(15-19-5-9-21(27)10-6-19)17-25-29-24(18-34-25)26(31)28-14-23-4-3-13-33-23/h3-13,18H,2,14-17H2,1H3,(H,28,31). The van der Waals surface area contributed by atoms with Crippen molar-refractivity contribution < 1.29 is 22.8 Å². The quantitative estimate of drug-likeness (QED) is 0.339. The first-order chi connectivity index (χ1) is 16.6. The zero-order valence-corrected chi connectivity index (χ0v) is 18.9. The molecule has 0 aliphatic carbocycles. The fourth-order valence-corrected chi connectivity index (χ4v) is 3.48. The average Bonchev–Trinajstić information content (AvgIpc) is 3.53. The first-order valence-corrected chi connectivity index (χ1v) is 11.0. The van der Waals surface area contributed by atoms with E-state index in [9.17, 15) is 9.18 Å². The third kappa shape index (κ3) is 6.55. The normalized spacial score (nSPS) is 11.0. The van der Waals surface area contributed by atoms with Crippen LogP contribution in [0.4, 0.5) is 4.39 Å². The van der Waals surface area contributed by atoms with Gasteiger partial charge in [-0.05, 0) is 54.4 Å². The van der Waals surface area contributed by atoms with Gasteiger partial charge in [-0.1, -0.05) is 24.3 Å². The van der Waals surface area contributed by atoms with E-state index < -0.39 is 0 Å². The molecule has 0 bridgehead atoms. The van der Waals surface area contributed by atoms with Crippen LogP contribution in [0.2, 0.25) is 0 Å². The minimum absolute atomic E-state index is 0.198. The summed E-state index contributed by atoms with van der Waals surface area (Å²) in [7, 11) is 0. The maximum Gasteiger partial charge on any atom is 0.273 e. The Balaban J connectivity index is 1.44. The van der Waals surface area contributed by atoms with Gasteiger partial charge in [-0.15, -0.1) is 0 Å². The van der Waals surface area contributed by atoms with Gasteiger partial charge in [0, 0.05) is 13.1 Å². The van der Waals surface area contributed by atoms with Gasteiger partial charge in [-0.25, -0.2) is 9.37 Å². The monoisotopic (exact) mass is 463 g/mol. The first-order valence-electron chi connectivity index (χ1n) is 11.0. The maximum atomic E-state index is 13.4. The van der Waals surface area contributed by atoms with Crippen molar-refractivity contribution in [3.63, 3.8) is 0 Å². The summed E-state index contributed by atoms with van der Waals surface area (Å²) in [5, 5.41) is 2.75. The molecule has 34 heavy (non-hydrogen) atoms. The molecule has 0 spiro atoms. The summed E-state index contributed by atoms with van der Waals surface area (Å²) in [5.41, 5.74) is 2.23. The highest BCUT2D eigenvalue weighted by molar-refractivity contribution is 5.91. The van der Waals surface area contributed by atoms with Crippen LogP contribution in [0.5, 0.6) is 5.75 Å². The zero-order valence-electron chi connectivity index (χ0n) is 18.9. The number of benzene rings is 2. The molecule has 0 unspecified atom stereocenters. The molecule has 0 atom stereocenters. The number of oxazole rings is 1. The Morgan fingerprint density at radius 3 is 2.35 bits per heavy atom. The van der Waals surface area contributed by atoms with Gasteiger partial charge >= 0.3 is 0 Å². The molecule has 0 fully saturated rings. The highest BCUT2D eigenvalue weighted by Gasteiger charge is 2.16. The van der Waals surface area contributed by atoms with Gasteiger partial charge in [-0.2, -0.15) is 0 Å². The Bertz CT molecular complexity index is 1170. The summed E-state index contributed by atoms with van der Waals surface area (Å²) < 4.78 is 29.7. The lowest BCUT2D eigenvalue weighted by molar-refractivity contribution is 0.0943. The Hall–Kier alpha value is -3.91. The molecule has 4 rings (SSSR count). The summed E-state index contributed by atoms with van der Waals surface area (Å²) in [6.07, 6.45) is 2.90. The van der Waals surface area contributed by atoms with Crippen LogP contribution in [-0.2, 0) is 26.2 Å². The topological polar surface area (TPSA) is 80.7 Å². The number of nitrogens with zero attached hydrogens (tertiary/aromatic N) is 2. The first kappa shape index (κ1) is 23.3. The molecule has 1 N–H and O–H groups in total. The van der Waals surface area contributed by atoms with E-state index in [1.807, 2.05) is 31.2 Å². The lowest BCUT2D eigenvalue weighted by Gasteiger charge is -2.21. The molecule has 0 radical (unpaired) electrons. The van der Waals surface area contributed by atoms with Crippen molar-refractivity contribution >= 4 is 5.91 Å². The van der Waals surface area contributed by atoms with E-state index in [1.165, 1.54) is 18.4 Å². The van der Waals surface area contributed by atoms with E-state index in [0.29, 0.717) is 37.9 Å². The third-order valence-electron chi connectivity index (χ3n) is 5.11. The number of amides is 1. The molecule has 176 valence electrons. The van der Waals surface area contributed by atoms with Gasteiger partial charge in [0.05, 0.1) is 26.0 Å². The van der Waals surface area contributed by atoms with Crippen LogP contribution < -0.4 is 10.1 Å². The van der Waals surface area contributed by atoms with Gasteiger partial charge in [0.2, 0.25) is 5.89 Å². The molecule has 2 aromatic heterocycles. The summed E-state index contributed by atoms with van der Waals surface area (Å²) >= 11 is 0. The van der Waals surface area contributed by atoms with E-state index in [2.05, 4.69) is 15.2 Å². The second-order valence-corrected chi connectivity index (χ2v) is 7.74. The van der Waals surface area contributed by atoms with Crippen molar-refractivity contribution in [2.24, 2.45) is 0 Å². The van der Waals surface area contributed by atoms with Crippen LogP contribution in [-0.4, -0.2) is 22.4 Å². The SMILES string of the molecule is CCOc1ccc(CN(Cc2ccc(F)cc2)Cc2nc(C(=O)NCc3ccco3)co2)cc1. The molecule has 0 aliphatic heterocycles. The van der Waals surface area contributed by atoms with Gasteiger partial charge in [0.25, 0.3) is 5.91 Å². The molecule has 2 aromatic carbocycles. The van der Waals surface area contributed by atoms with E-state index in [0.717, 1.165) is 16.9 Å². The van der Waals surface area contributed by atoms with Gasteiger partial charge in [0.1, 0.15) is 23.6 Å². The maximum absolute atomic E-state index is 13.4. The number of furan rings is 1. The van der Waals surface area contributed by atoms with Crippen molar-refractivity contribution in [2.75, 3.05) is 6.61 Å². The van der Waals surface area contributed by atoms with Crippen LogP contribution in [0.25, 0.3) is 0 Å². The number of carbonyl (C=O) groups is 1. The van der Waals surface area contributed by atoms with Gasteiger partial charge in [-0.3, -0.25) is 9.69 Å². The Morgan fingerprint density at radius 2 is 1.71 bits per heavy atom. The number of rotatable bonds is 11. The Morgan fingerprint density at radius 1 is 1.00 bits per heavy atom. The van der Waals surface area contributed by atoms with E-state index >= 15 is 0 Å². The molecule has 8 heteroatoms. The molecule has 4 aromatic rings. The molecule has 0 saturated carbocycles. The lowest BCUT2D eigenvalue weighted by atomic mass is 10.1. The van der Waals surface area contributed by atoms with Crippen LogP contribution in [0.1, 0.15) is 40.2 Å². The van der Waals surface area contributed by atoms with Crippen molar-refractivity contribution in [3.05, 3.63) is 107 Å². The van der Waals surface area contributed by atoms with Crippen molar-refractivity contribution in [2.45, 2.75) is 33.1 Å². The van der Waals surface area contributed by atoms with Crippen LogP contribution >= 0.6 is 0 Å². The summed E-state index contributed by atoms with van der Waals surface area (Å²) in [6.45, 7) is 4.35. The van der Waals surface area contributed by atoms with Crippen LogP contribution in [0, 0.1) is 5.82 Å². The second-order valence-electron chi connectivity index (χ2n) is 7.74. The van der Waals surface area contributed by atoms with E-state index in [4.69, 9.17) is 13.6 Å². The molecule has 1 amide bonds. The summed E-state index contributed by atoms with van der Waals surface area (Å²) in [4.78, 5) is 18.9. The van der Waals surface area contributed by atoms with Crippen LogP contribution in [0.15, 0.2) is 82.0 Å². The second kappa shape index (κ2) is 11.3. The van der Waals surface area contributed by atoms with Gasteiger partial charge in [0.15, 0.2) is 5.69 Å². The Labute approximate surface area is 197 Å². The van der Waals surface area contributed by atoms with Gasteiger partial charge < -0.3 is 18.9 Å². The van der Waals surface area contributed by atoms with E-state index in [-0.39, 0.29) is 24.0 Å². The molecular formula is C26H26FN3O4. The van der Waals surface area contributed by atoms with Crippen LogP contribution in [0.3, 0.4) is 0 Å². The summed E-state index contributed by atoms with van der Waals surface area (Å²) in [5.74, 6) is 1.26. The predicted octanol–water partition coefficient (Wildman–Crippen LogP) is 4.94. The Kier molecular flexibility index (Phi) is 7.72. The highest BCUT2D eigenvalue weighted by Crippen LogP contribution is 2.18. The molecular weight excluding hydrogens is 437 g/mol. The van der Waals surface area contributed by atoms with Crippen molar-refractivity contribution in [1.29, 1.82) is 0 Å². The fraction of sp³-hybridized carbons (Fsp3) is 0.231. The predicted molar refractivity (Wildman–Crippen MR) is 123 cm³/mol. The minimum Gasteiger partial charge on any atom is -0.494 e. The highest BCUT2D eigenvalue weighted by atomic mass is 19.1.